The molecule has 2 amide bonds. The molecule has 1 atom stereocenters. The highest BCUT2D eigenvalue weighted by atomic mass is 16.5. The second-order valence-corrected chi connectivity index (χ2v) is 7.10. The summed E-state index contributed by atoms with van der Waals surface area (Å²) in [5, 5.41) is 3.00. The topological polar surface area (TPSA) is 60.0 Å². The van der Waals surface area contributed by atoms with Gasteiger partial charge in [-0.05, 0) is 36.8 Å². The summed E-state index contributed by atoms with van der Waals surface area (Å²) in [5.74, 6) is 2.01. The molecule has 1 N–H and O–H groups in total. The molecule has 0 aliphatic carbocycles. The van der Waals surface area contributed by atoms with Crippen LogP contribution in [-0.2, 0) is 0 Å². The van der Waals surface area contributed by atoms with E-state index in [1.54, 1.807) is 26.2 Å². The van der Waals surface area contributed by atoms with Crippen molar-refractivity contribution in [3.8, 4) is 17.2 Å². The third-order valence-electron chi connectivity index (χ3n) is 5.31. The first-order valence-corrected chi connectivity index (χ1v) is 9.62. The molecule has 0 saturated carbocycles. The highest BCUT2D eigenvalue weighted by Gasteiger charge is 2.37. The highest BCUT2D eigenvalue weighted by molar-refractivity contribution is 6.06. The van der Waals surface area contributed by atoms with Crippen LogP contribution in [0.15, 0.2) is 60.7 Å². The van der Waals surface area contributed by atoms with Crippen molar-refractivity contribution in [3.05, 3.63) is 77.4 Å². The number of hydrogen-bond donors (Lipinski definition) is 1. The SMILES string of the molecule is COc1ccc([C@H]2c3c(cc(OC)cc3OC)NC(=O)N2c2ccc(C)cc2)cc1. The van der Waals surface area contributed by atoms with Crippen LogP contribution in [0.2, 0.25) is 0 Å². The Morgan fingerprint density at radius 2 is 1.50 bits per heavy atom. The first-order chi connectivity index (χ1) is 14.5. The molecule has 3 aromatic carbocycles. The van der Waals surface area contributed by atoms with Crippen LogP contribution >= 0.6 is 0 Å². The Hall–Kier alpha value is -3.67. The third-order valence-corrected chi connectivity index (χ3v) is 5.31. The van der Waals surface area contributed by atoms with E-state index in [1.807, 2.05) is 67.6 Å². The second kappa shape index (κ2) is 7.99. The average Bonchev–Trinajstić information content (AvgIpc) is 2.78. The molecule has 0 fully saturated rings. The zero-order valence-corrected chi connectivity index (χ0v) is 17.4. The predicted octanol–water partition coefficient (Wildman–Crippen LogP) is 5.16. The largest absolute Gasteiger partial charge is 0.497 e. The number of nitrogens with one attached hydrogen (secondary N) is 1. The number of hydrogen-bond acceptors (Lipinski definition) is 4. The monoisotopic (exact) mass is 404 g/mol. The van der Waals surface area contributed by atoms with E-state index in [1.165, 1.54) is 0 Å². The lowest BCUT2D eigenvalue weighted by atomic mass is 9.92. The Bertz CT molecular complexity index is 1060. The van der Waals surface area contributed by atoms with Crippen molar-refractivity contribution in [2.75, 3.05) is 31.5 Å². The maximum Gasteiger partial charge on any atom is 0.327 e. The van der Waals surface area contributed by atoms with E-state index in [0.717, 1.165) is 28.1 Å². The number of methoxy groups -OCH3 is 3. The number of carbonyl (C=O) groups is 1. The fraction of sp³-hybridized carbons (Fsp3) is 0.208. The van der Waals surface area contributed by atoms with Gasteiger partial charge >= 0.3 is 6.03 Å². The Morgan fingerprint density at radius 1 is 0.833 bits per heavy atom. The van der Waals surface area contributed by atoms with Crippen molar-refractivity contribution in [2.24, 2.45) is 0 Å². The van der Waals surface area contributed by atoms with Crippen LogP contribution in [0, 0.1) is 6.92 Å². The van der Waals surface area contributed by atoms with Gasteiger partial charge in [0.05, 0.1) is 33.1 Å². The molecule has 1 heterocycles. The summed E-state index contributed by atoms with van der Waals surface area (Å²) in [4.78, 5) is 15.0. The fourth-order valence-electron chi connectivity index (χ4n) is 3.77. The van der Waals surface area contributed by atoms with Gasteiger partial charge in [0, 0.05) is 23.4 Å². The lowest BCUT2D eigenvalue weighted by Crippen LogP contribution is -2.43. The van der Waals surface area contributed by atoms with Gasteiger partial charge < -0.3 is 19.5 Å². The van der Waals surface area contributed by atoms with Gasteiger partial charge in [-0.25, -0.2) is 4.79 Å². The van der Waals surface area contributed by atoms with Crippen molar-refractivity contribution in [2.45, 2.75) is 13.0 Å². The molecule has 0 aromatic heterocycles. The zero-order valence-electron chi connectivity index (χ0n) is 17.4. The predicted molar refractivity (Wildman–Crippen MR) is 117 cm³/mol. The number of benzene rings is 3. The number of anilines is 2. The maximum absolute atomic E-state index is 13.3. The fourth-order valence-corrected chi connectivity index (χ4v) is 3.77. The normalized spacial score (nSPS) is 15.3. The van der Waals surface area contributed by atoms with E-state index in [-0.39, 0.29) is 12.1 Å². The number of amides is 2. The van der Waals surface area contributed by atoms with E-state index in [2.05, 4.69) is 5.32 Å². The molecule has 4 rings (SSSR count). The van der Waals surface area contributed by atoms with Crippen LogP contribution in [0.25, 0.3) is 0 Å². The van der Waals surface area contributed by atoms with Crippen molar-refractivity contribution in [1.29, 1.82) is 0 Å². The van der Waals surface area contributed by atoms with Gasteiger partial charge in [0.2, 0.25) is 0 Å². The minimum absolute atomic E-state index is 0.220. The molecule has 0 spiro atoms. The van der Waals surface area contributed by atoms with Gasteiger partial charge in [-0.1, -0.05) is 29.8 Å². The Kier molecular flexibility index (Phi) is 5.23. The molecular weight excluding hydrogens is 380 g/mol. The molecule has 0 bridgehead atoms. The van der Waals surface area contributed by atoms with E-state index >= 15 is 0 Å². The van der Waals surface area contributed by atoms with Gasteiger partial charge in [-0.2, -0.15) is 0 Å². The molecule has 1 aliphatic rings. The quantitative estimate of drug-likeness (QED) is 0.638. The van der Waals surface area contributed by atoms with E-state index in [4.69, 9.17) is 14.2 Å². The van der Waals surface area contributed by atoms with Crippen molar-refractivity contribution in [3.63, 3.8) is 0 Å². The zero-order chi connectivity index (χ0) is 21.3. The van der Waals surface area contributed by atoms with Gasteiger partial charge in [0.15, 0.2) is 0 Å². The number of carbonyl (C=O) groups excluding carboxylic acids is 1. The summed E-state index contributed by atoms with van der Waals surface area (Å²) in [6.45, 7) is 2.02. The van der Waals surface area contributed by atoms with Crippen LogP contribution in [0.5, 0.6) is 17.2 Å². The highest BCUT2D eigenvalue weighted by Crippen LogP contribution is 2.46. The first-order valence-electron chi connectivity index (χ1n) is 9.62. The van der Waals surface area contributed by atoms with Crippen LogP contribution in [0.4, 0.5) is 16.2 Å². The van der Waals surface area contributed by atoms with Crippen LogP contribution in [0.1, 0.15) is 22.7 Å². The third kappa shape index (κ3) is 3.41. The van der Waals surface area contributed by atoms with Gasteiger partial charge in [-0.3, -0.25) is 4.90 Å². The first kappa shape index (κ1) is 19.6. The summed E-state index contributed by atoms with van der Waals surface area (Å²) >= 11 is 0. The van der Waals surface area contributed by atoms with Gasteiger partial charge in [0.1, 0.15) is 17.2 Å². The average molecular weight is 404 g/mol. The summed E-state index contributed by atoms with van der Waals surface area (Å²) in [6, 6.07) is 18.7. The summed E-state index contributed by atoms with van der Waals surface area (Å²) < 4.78 is 16.4. The standard InChI is InChI=1S/C24H24N2O4/c1-15-5-9-17(10-6-15)26-23(16-7-11-18(28-2)12-8-16)22-20(25-24(26)27)13-19(29-3)14-21(22)30-4/h5-14,23H,1-4H3,(H,25,27)/t23-/m0/s1. The molecular formula is C24H24N2O4. The molecule has 3 aromatic rings. The van der Waals surface area contributed by atoms with Crippen LogP contribution < -0.4 is 24.4 Å². The minimum Gasteiger partial charge on any atom is -0.497 e. The van der Waals surface area contributed by atoms with Gasteiger partial charge in [0.25, 0.3) is 0 Å². The summed E-state index contributed by atoms with van der Waals surface area (Å²) in [7, 11) is 4.84. The van der Waals surface area contributed by atoms with Crippen LogP contribution in [0.3, 0.4) is 0 Å². The van der Waals surface area contributed by atoms with E-state index in [9.17, 15) is 4.79 Å². The van der Waals surface area contributed by atoms with Crippen molar-refractivity contribution >= 4 is 17.4 Å². The number of urea groups is 1. The molecule has 30 heavy (non-hydrogen) atoms. The molecule has 6 heteroatoms. The number of rotatable bonds is 5. The number of nitrogens with zero attached hydrogens (tertiary/aromatic N) is 1. The van der Waals surface area contributed by atoms with Gasteiger partial charge in [-0.15, -0.1) is 0 Å². The van der Waals surface area contributed by atoms with E-state index < -0.39 is 0 Å². The minimum atomic E-state index is -0.386. The van der Waals surface area contributed by atoms with Crippen molar-refractivity contribution < 1.29 is 19.0 Å². The Labute approximate surface area is 176 Å². The number of aryl methyl sites for hydroxylation is 1. The summed E-state index contributed by atoms with van der Waals surface area (Å²) in [6.07, 6.45) is 0. The smallest absolute Gasteiger partial charge is 0.327 e. The lowest BCUT2D eigenvalue weighted by Gasteiger charge is -2.38. The Morgan fingerprint density at radius 3 is 2.10 bits per heavy atom. The Balaban J connectivity index is 1.94. The molecule has 154 valence electrons. The van der Waals surface area contributed by atoms with Crippen molar-refractivity contribution in [1.82, 2.24) is 0 Å². The molecule has 0 unspecified atom stereocenters. The molecule has 0 saturated heterocycles. The number of fused-ring (bicyclic) bond motifs is 1. The second-order valence-electron chi connectivity index (χ2n) is 7.10. The molecule has 1 aliphatic heterocycles. The number of ether oxygens (including phenoxy) is 3. The summed E-state index contributed by atoms with van der Waals surface area (Å²) in [5.41, 5.74) is 4.39. The maximum atomic E-state index is 13.3. The lowest BCUT2D eigenvalue weighted by molar-refractivity contribution is 0.254. The van der Waals surface area contributed by atoms with Crippen LogP contribution in [-0.4, -0.2) is 27.4 Å². The molecule has 6 nitrogen and oxygen atoms in total. The van der Waals surface area contributed by atoms with E-state index in [0.29, 0.717) is 17.2 Å². The molecule has 0 radical (unpaired) electrons.